The maximum absolute atomic E-state index is 14.4. The van der Waals surface area contributed by atoms with Crippen LogP contribution in [0.5, 0.6) is 28.7 Å². The van der Waals surface area contributed by atoms with Gasteiger partial charge in [-0.25, -0.2) is 19.9 Å². The first-order chi connectivity index (χ1) is 32.0. The van der Waals surface area contributed by atoms with Gasteiger partial charge in [-0.15, -0.1) is 0 Å². The first-order valence-corrected chi connectivity index (χ1v) is 22.5. The number of benzene rings is 3. The third kappa shape index (κ3) is 8.84. The number of carbonyl (C=O) groups is 4. The van der Waals surface area contributed by atoms with Gasteiger partial charge >= 0.3 is 12.2 Å². The van der Waals surface area contributed by atoms with E-state index in [-0.39, 0.29) is 67.0 Å². The Hall–Kier alpha value is -6.72. The molecule has 1 unspecified atom stereocenters. The second-order valence-corrected chi connectivity index (χ2v) is 17.3. The Morgan fingerprint density at radius 3 is 2.12 bits per heavy atom. The van der Waals surface area contributed by atoms with Crippen molar-refractivity contribution < 1.29 is 57.4 Å². The van der Waals surface area contributed by atoms with Gasteiger partial charge in [-0.2, -0.15) is 0 Å². The molecule has 66 heavy (non-hydrogen) atoms. The Labute approximate surface area is 383 Å². The summed E-state index contributed by atoms with van der Waals surface area (Å²) in [6, 6.07) is 13.1. The summed E-state index contributed by atoms with van der Waals surface area (Å²) in [5.74, 6) is 1.48. The minimum absolute atomic E-state index is 0.000909. The molecule has 3 aromatic carbocycles. The number of unbranched alkanes of at least 4 members (excludes halogenated alkanes) is 2. The molecular weight excluding hydrogens is 851 g/mol. The van der Waals surface area contributed by atoms with Gasteiger partial charge in [0.1, 0.15) is 19.0 Å². The molecule has 3 atom stereocenters. The second kappa shape index (κ2) is 18.6. The highest BCUT2D eigenvalue weighted by Gasteiger charge is 2.58. The highest BCUT2D eigenvalue weighted by atomic mass is 16.6. The zero-order chi connectivity index (χ0) is 46.1. The van der Waals surface area contributed by atoms with Crippen molar-refractivity contribution in [3.05, 3.63) is 96.7 Å². The predicted molar refractivity (Wildman–Crippen MR) is 242 cm³/mol. The number of methoxy groups -OCH3 is 2. The van der Waals surface area contributed by atoms with Crippen molar-refractivity contribution in [2.45, 2.75) is 87.7 Å². The van der Waals surface area contributed by atoms with E-state index in [4.69, 9.17) is 33.2 Å². The highest BCUT2D eigenvalue weighted by molar-refractivity contribution is 6.07. The highest BCUT2D eigenvalue weighted by Crippen LogP contribution is 2.49. The van der Waals surface area contributed by atoms with E-state index >= 15 is 0 Å². The van der Waals surface area contributed by atoms with Crippen LogP contribution in [0.2, 0.25) is 0 Å². The molecule has 0 radical (unpaired) electrons. The molecule has 6 aliphatic rings. The second-order valence-electron chi connectivity index (χ2n) is 17.3. The average Bonchev–Trinajstić information content (AvgIpc) is 4.24. The molecule has 1 saturated heterocycles. The zero-order valence-electron chi connectivity index (χ0n) is 37.2. The standard InChI is InChI=1S/C49H55N5O12/c1-5-18-64-47(58)52-29-32-22-31(30-10-12-33(60-3)13-11-30)28-51(32)44(55)35-24-43(66-34-14-15-34)42(25-37(35)52)63-21-9-7-8-20-62-41-26-38-36(23-40(41)61-4)45(56)54-39(27-49(50-54)16-17-49)46(57)53(38)48(59)65-19-6-2/h5-6,10-13,23-26,28,32,34,39,46,50,57H,1-2,7-9,14-22,27,29H2,3-4H3/t32-,39-,46?/m0/s1. The summed E-state index contributed by atoms with van der Waals surface area (Å²) in [5, 5.41) is 13.1. The maximum Gasteiger partial charge on any atom is 0.416 e. The summed E-state index contributed by atoms with van der Waals surface area (Å²) in [5.41, 5.74) is 5.89. The molecule has 17 nitrogen and oxygen atoms in total. The number of aliphatic hydroxyl groups is 1. The lowest BCUT2D eigenvalue weighted by Crippen LogP contribution is -2.53. The SMILES string of the molecule is C=CCOC(=O)N1C[C@@H]2CC(c3ccc(OC)cc3)=CN2C(=O)c2cc(OC3CC3)c(OCCCCCOc3cc4c(cc3OC)C(=O)N3NC5(CC5)C[C@H]3C(O)N4C(=O)OCC=C)cc21. The summed E-state index contributed by atoms with van der Waals surface area (Å²) in [4.78, 5) is 59.8. The van der Waals surface area contributed by atoms with Crippen LogP contribution in [0.4, 0.5) is 21.0 Å². The van der Waals surface area contributed by atoms with Crippen molar-refractivity contribution in [1.29, 1.82) is 0 Å². The lowest BCUT2D eigenvalue weighted by molar-refractivity contribution is 0.0373. The van der Waals surface area contributed by atoms with Crippen molar-refractivity contribution in [3.8, 4) is 28.7 Å². The van der Waals surface area contributed by atoms with Crippen molar-refractivity contribution in [1.82, 2.24) is 15.3 Å². The third-order valence-electron chi connectivity index (χ3n) is 12.7. The quantitative estimate of drug-likeness (QED) is 0.105. The number of carbonyl (C=O) groups excluding carboxylic acids is 4. The largest absolute Gasteiger partial charge is 0.497 e. The topological polar surface area (TPSA) is 178 Å². The number of nitrogens with one attached hydrogen (secondary N) is 1. The van der Waals surface area contributed by atoms with Crippen LogP contribution in [0.1, 0.15) is 84.1 Å². The van der Waals surface area contributed by atoms with E-state index in [0.717, 1.165) is 47.5 Å². The Bertz CT molecular complexity index is 2430. The van der Waals surface area contributed by atoms with Crippen LogP contribution in [0, 0.1) is 0 Å². The minimum Gasteiger partial charge on any atom is -0.497 e. The number of fused-ring (bicyclic) bond motifs is 4. The molecule has 3 fully saturated rings. The molecule has 4 amide bonds. The average molecular weight is 906 g/mol. The Morgan fingerprint density at radius 2 is 1.47 bits per heavy atom. The van der Waals surface area contributed by atoms with E-state index in [9.17, 15) is 24.3 Å². The van der Waals surface area contributed by atoms with E-state index in [1.807, 2.05) is 30.5 Å². The van der Waals surface area contributed by atoms with Gasteiger partial charge in [-0.3, -0.25) is 19.5 Å². The van der Waals surface area contributed by atoms with Crippen LogP contribution < -0.4 is 38.9 Å². The molecule has 9 rings (SSSR count). The smallest absolute Gasteiger partial charge is 0.416 e. The van der Waals surface area contributed by atoms with Crippen molar-refractivity contribution >= 4 is 40.9 Å². The van der Waals surface area contributed by atoms with Gasteiger partial charge in [0.25, 0.3) is 11.8 Å². The van der Waals surface area contributed by atoms with Gasteiger partial charge < -0.3 is 43.2 Å². The summed E-state index contributed by atoms with van der Waals surface area (Å²) in [6.07, 6.45) is 8.38. The number of hydrogen-bond donors (Lipinski definition) is 2. The fraction of sp³-hybridized carbons (Fsp3) is 0.429. The molecule has 3 aromatic rings. The van der Waals surface area contributed by atoms with Crippen LogP contribution in [-0.4, -0.2) is 116 Å². The van der Waals surface area contributed by atoms with Gasteiger partial charge in [-0.1, -0.05) is 37.4 Å². The fourth-order valence-corrected chi connectivity index (χ4v) is 8.97. The number of hydrazine groups is 1. The molecular formula is C49H55N5O12. The Kier molecular flexibility index (Phi) is 12.6. The van der Waals surface area contributed by atoms with E-state index in [0.29, 0.717) is 67.2 Å². The maximum atomic E-state index is 14.4. The predicted octanol–water partition coefficient (Wildman–Crippen LogP) is 6.98. The first-order valence-electron chi connectivity index (χ1n) is 22.5. The molecule has 4 heterocycles. The molecule has 348 valence electrons. The summed E-state index contributed by atoms with van der Waals surface area (Å²) in [6.45, 7) is 7.98. The molecule has 2 N–H and O–H groups in total. The van der Waals surface area contributed by atoms with Crippen LogP contribution in [0.15, 0.2) is 80.0 Å². The normalized spacial score (nSPS) is 21.1. The summed E-state index contributed by atoms with van der Waals surface area (Å²) >= 11 is 0. The van der Waals surface area contributed by atoms with Gasteiger partial charge in [0.05, 0.1) is 74.7 Å². The minimum atomic E-state index is -1.39. The lowest BCUT2D eigenvalue weighted by Gasteiger charge is -2.31. The third-order valence-corrected chi connectivity index (χ3v) is 12.7. The first kappa shape index (κ1) is 44.5. The van der Waals surface area contributed by atoms with E-state index < -0.39 is 30.4 Å². The van der Waals surface area contributed by atoms with Crippen molar-refractivity contribution in [2.24, 2.45) is 0 Å². The number of amides is 4. The number of anilines is 2. The summed E-state index contributed by atoms with van der Waals surface area (Å²) in [7, 11) is 3.08. The number of aliphatic hydroxyl groups excluding tert-OH is 1. The molecule has 1 spiro atoms. The lowest BCUT2D eigenvalue weighted by atomic mass is 10.0. The molecule has 4 aliphatic heterocycles. The van der Waals surface area contributed by atoms with Gasteiger partial charge in [-0.05, 0) is 93.2 Å². The fourth-order valence-electron chi connectivity index (χ4n) is 8.97. The molecule has 2 aliphatic carbocycles. The molecule has 0 bridgehead atoms. The number of hydrogen-bond acceptors (Lipinski definition) is 13. The van der Waals surface area contributed by atoms with Crippen LogP contribution in [0.3, 0.4) is 0 Å². The Balaban J connectivity index is 0.885. The van der Waals surface area contributed by atoms with E-state index in [1.54, 1.807) is 24.1 Å². The van der Waals surface area contributed by atoms with Crippen LogP contribution >= 0.6 is 0 Å². The van der Waals surface area contributed by atoms with Gasteiger partial charge in [0, 0.05) is 23.9 Å². The van der Waals surface area contributed by atoms with E-state index in [1.165, 1.54) is 41.3 Å². The van der Waals surface area contributed by atoms with Gasteiger partial charge in [0.15, 0.2) is 29.2 Å². The Morgan fingerprint density at radius 1 is 0.818 bits per heavy atom. The molecule has 2 saturated carbocycles. The zero-order valence-corrected chi connectivity index (χ0v) is 37.2. The van der Waals surface area contributed by atoms with Gasteiger partial charge in [0.2, 0.25) is 0 Å². The number of ether oxygens (including phenoxy) is 7. The van der Waals surface area contributed by atoms with Crippen molar-refractivity contribution in [2.75, 3.05) is 57.0 Å². The van der Waals surface area contributed by atoms with Crippen LogP contribution in [-0.2, 0) is 9.47 Å². The number of rotatable bonds is 17. The molecule has 17 heteroatoms. The van der Waals surface area contributed by atoms with Crippen molar-refractivity contribution in [3.63, 3.8) is 0 Å². The molecule has 0 aromatic heterocycles. The van der Waals surface area contributed by atoms with E-state index in [2.05, 4.69) is 18.6 Å². The number of nitrogens with zero attached hydrogens (tertiary/aromatic N) is 4. The monoisotopic (exact) mass is 905 g/mol. The van der Waals surface area contributed by atoms with Crippen LogP contribution in [0.25, 0.3) is 5.57 Å². The summed E-state index contributed by atoms with van der Waals surface area (Å²) < 4.78 is 40.8.